The molecule has 0 aromatic heterocycles. The van der Waals surface area contributed by atoms with Gasteiger partial charge in [0.2, 0.25) is 0 Å². The predicted molar refractivity (Wildman–Crippen MR) is 73.5 cm³/mol. The van der Waals surface area contributed by atoms with Crippen LogP contribution in [0.15, 0.2) is 40.9 Å². The lowest BCUT2D eigenvalue weighted by Gasteiger charge is -2.07. The van der Waals surface area contributed by atoms with E-state index in [2.05, 4.69) is 15.9 Å². The maximum atomic E-state index is 13.8. The van der Waals surface area contributed by atoms with Gasteiger partial charge in [-0.1, -0.05) is 23.7 Å². The zero-order valence-electron chi connectivity index (χ0n) is 9.59. The topological polar surface area (TPSA) is 17.1 Å². The first kappa shape index (κ1) is 14.2. The normalized spacial score (nSPS) is 10.5. The summed E-state index contributed by atoms with van der Waals surface area (Å²) in [5.41, 5.74) is -0.0118. The SMILES string of the molecule is O=C(Cc1c(F)cccc1Cl)c1cccc(Br)c1F. The first-order chi connectivity index (χ1) is 9.00. The zero-order valence-corrected chi connectivity index (χ0v) is 11.9. The van der Waals surface area contributed by atoms with Gasteiger partial charge in [-0.15, -0.1) is 0 Å². The summed E-state index contributed by atoms with van der Waals surface area (Å²) in [6, 6.07) is 8.55. The van der Waals surface area contributed by atoms with Gasteiger partial charge >= 0.3 is 0 Å². The van der Waals surface area contributed by atoms with Crippen molar-refractivity contribution in [1.82, 2.24) is 0 Å². The number of carbonyl (C=O) groups excluding carboxylic acids is 1. The molecule has 5 heteroatoms. The Bertz CT molecular complexity index is 623. The van der Waals surface area contributed by atoms with E-state index in [1.165, 1.54) is 30.3 Å². The number of rotatable bonds is 3. The molecule has 0 unspecified atom stereocenters. The van der Waals surface area contributed by atoms with Crippen LogP contribution in [0, 0.1) is 11.6 Å². The second-order valence-corrected chi connectivity index (χ2v) is 5.16. The first-order valence-corrected chi connectivity index (χ1v) is 6.58. The summed E-state index contributed by atoms with van der Waals surface area (Å²) in [6.45, 7) is 0. The molecule has 0 saturated carbocycles. The molecule has 0 N–H and O–H groups in total. The van der Waals surface area contributed by atoms with Crippen LogP contribution >= 0.6 is 27.5 Å². The summed E-state index contributed by atoms with van der Waals surface area (Å²) in [5, 5.41) is 0.156. The number of Topliss-reactive ketones (excluding diaryl/α,β-unsaturated/α-hetero) is 1. The van der Waals surface area contributed by atoms with Crippen LogP contribution in [0.3, 0.4) is 0 Å². The molecule has 0 radical (unpaired) electrons. The highest BCUT2D eigenvalue weighted by molar-refractivity contribution is 9.10. The molecule has 0 aliphatic heterocycles. The molecule has 0 bridgehead atoms. The van der Waals surface area contributed by atoms with E-state index < -0.39 is 17.4 Å². The molecule has 19 heavy (non-hydrogen) atoms. The average Bonchev–Trinajstić information content (AvgIpc) is 2.37. The minimum atomic E-state index is -0.653. The van der Waals surface area contributed by atoms with Gasteiger partial charge in [0.1, 0.15) is 11.6 Å². The van der Waals surface area contributed by atoms with E-state index in [0.717, 1.165) is 0 Å². The minimum absolute atomic E-state index is 0.0774. The molecular formula is C14H8BrClF2O. The summed E-state index contributed by atoms with van der Waals surface area (Å²) in [4.78, 5) is 12.0. The van der Waals surface area contributed by atoms with Crippen molar-refractivity contribution in [2.45, 2.75) is 6.42 Å². The highest BCUT2D eigenvalue weighted by Crippen LogP contribution is 2.23. The van der Waals surface area contributed by atoms with Gasteiger partial charge in [0, 0.05) is 17.0 Å². The maximum Gasteiger partial charge on any atom is 0.170 e. The van der Waals surface area contributed by atoms with Crippen LogP contribution in [0.25, 0.3) is 0 Å². The Morgan fingerprint density at radius 3 is 2.53 bits per heavy atom. The number of hydrogen-bond acceptors (Lipinski definition) is 1. The molecule has 0 fully saturated rings. The number of carbonyl (C=O) groups is 1. The van der Waals surface area contributed by atoms with E-state index >= 15 is 0 Å². The van der Waals surface area contributed by atoms with Crippen LogP contribution in [-0.4, -0.2) is 5.78 Å². The molecular weight excluding hydrogens is 338 g/mol. The van der Waals surface area contributed by atoms with Gasteiger partial charge in [0.15, 0.2) is 5.78 Å². The van der Waals surface area contributed by atoms with E-state index in [0.29, 0.717) is 0 Å². The Morgan fingerprint density at radius 2 is 1.84 bits per heavy atom. The standard InChI is InChI=1S/C14H8BrClF2O/c15-10-4-1-3-8(14(10)18)13(19)7-9-11(16)5-2-6-12(9)17/h1-6H,7H2. The van der Waals surface area contributed by atoms with Crippen molar-refractivity contribution in [1.29, 1.82) is 0 Å². The van der Waals surface area contributed by atoms with Gasteiger partial charge in [-0.25, -0.2) is 8.78 Å². The van der Waals surface area contributed by atoms with Crippen molar-refractivity contribution in [3.8, 4) is 0 Å². The largest absolute Gasteiger partial charge is 0.294 e. The summed E-state index contributed by atoms with van der Waals surface area (Å²) < 4.78 is 27.5. The van der Waals surface area contributed by atoms with Gasteiger partial charge < -0.3 is 0 Å². The van der Waals surface area contributed by atoms with Gasteiger partial charge in [-0.3, -0.25) is 4.79 Å². The minimum Gasteiger partial charge on any atom is -0.294 e. The van der Waals surface area contributed by atoms with Crippen LogP contribution in [0.1, 0.15) is 15.9 Å². The lowest BCUT2D eigenvalue weighted by molar-refractivity contribution is 0.0988. The second kappa shape index (κ2) is 5.80. The highest BCUT2D eigenvalue weighted by Gasteiger charge is 2.17. The Hall–Kier alpha value is -1.26. The number of ketones is 1. The van der Waals surface area contributed by atoms with Gasteiger partial charge in [0.05, 0.1) is 10.0 Å². The van der Waals surface area contributed by atoms with Crippen molar-refractivity contribution < 1.29 is 13.6 Å². The van der Waals surface area contributed by atoms with Crippen LogP contribution in [0.5, 0.6) is 0 Å². The molecule has 2 aromatic rings. The third-order valence-electron chi connectivity index (χ3n) is 2.65. The summed E-state index contributed by atoms with van der Waals surface area (Å²) >= 11 is 8.84. The Morgan fingerprint density at radius 1 is 1.16 bits per heavy atom. The second-order valence-electron chi connectivity index (χ2n) is 3.90. The fourth-order valence-electron chi connectivity index (χ4n) is 1.68. The van der Waals surface area contributed by atoms with Gasteiger partial charge in [-0.05, 0) is 40.2 Å². The van der Waals surface area contributed by atoms with E-state index in [-0.39, 0.29) is 27.0 Å². The Kier molecular flexibility index (Phi) is 4.32. The molecule has 0 aliphatic carbocycles. The third-order valence-corrected chi connectivity index (χ3v) is 3.62. The van der Waals surface area contributed by atoms with Crippen molar-refractivity contribution in [2.24, 2.45) is 0 Å². The maximum absolute atomic E-state index is 13.8. The molecule has 0 amide bonds. The van der Waals surface area contributed by atoms with Gasteiger partial charge in [-0.2, -0.15) is 0 Å². The zero-order chi connectivity index (χ0) is 14.0. The smallest absolute Gasteiger partial charge is 0.170 e. The fraction of sp³-hybridized carbons (Fsp3) is 0.0714. The average molecular weight is 346 g/mol. The van der Waals surface area contributed by atoms with E-state index in [4.69, 9.17) is 11.6 Å². The fourth-order valence-corrected chi connectivity index (χ4v) is 2.27. The van der Waals surface area contributed by atoms with Crippen molar-refractivity contribution in [3.63, 3.8) is 0 Å². The quantitative estimate of drug-likeness (QED) is 0.730. The van der Waals surface area contributed by atoms with Gasteiger partial charge in [0.25, 0.3) is 0 Å². The molecule has 0 atom stereocenters. The molecule has 0 aliphatic rings. The number of halogens is 4. The Balaban J connectivity index is 2.34. The molecule has 2 aromatic carbocycles. The lowest BCUT2D eigenvalue weighted by Crippen LogP contribution is -2.08. The number of hydrogen-bond donors (Lipinski definition) is 0. The summed E-state index contributed by atoms with van der Waals surface area (Å²) in [7, 11) is 0. The monoisotopic (exact) mass is 344 g/mol. The van der Waals surface area contributed by atoms with Crippen LogP contribution in [-0.2, 0) is 6.42 Å². The molecule has 0 saturated heterocycles. The molecule has 2 rings (SSSR count). The summed E-state index contributed by atoms with van der Waals surface area (Å²) in [5.74, 6) is -1.75. The van der Waals surface area contributed by atoms with E-state index in [1.807, 2.05) is 0 Å². The molecule has 0 heterocycles. The van der Waals surface area contributed by atoms with Crippen LogP contribution in [0.4, 0.5) is 8.78 Å². The van der Waals surface area contributed by atoms with Crippen molar-refractivity contribution in [3.05, 3.63) is 68.7 Å². The van der Waals surface area contributed by atoms with E-state index in [1.54, 1.807) is 6.07 Å². The summed E-state index contributed by atoms with van der Waals surface area (Å²) in [6.07, 6.45) is -0.279. The van der Waals surface area contributed by atoms with Crippen molar-refractivity contribution >= 4 is 33.3 Å². The van der Waals surface area contributed by atoms with E-state index in [9.17, 15) is 13.6 Å². The molecule has 1 nitrogen and oxygen atoms in total. The highest BCUT2D eigenvalue weighted by atomic mass is 79.9. The predicted octanol–water partition coefficient (Wildman–Crippen LogP) is 4.81. The van der Waals surface area contributed by atoms with Crippen LogP contribution in [0.2, 0.25) is 5.02 Å². The first-order valence-electron chi connectivity index (χ1n) is 5.41. The lowest BCUT2D eigenvalue weighted by atomic mass is 10.0. The molecule has 0 spiro atoms. The molecule has 98 valence electrons. The van der Waals surface area contributed by atoms with Crippen molar-refractivity contribution in [2.75, 3.05) is 0 Å². The van der Waals surface area contributed by atoms with Crippen LogP contribution < -0.4 is 0 Å². The number of benzene rings is 2. The Labute approximate surface area is 122 Å². The third kappa shape index (κ3) is 3.01.